The van der Waals surface area contributed by atoms with E-state index in [0.29, 0.717) is 24.8 Å². The summed E-state index contributed by atoms with van der Waals surface area (Å²) in [6.45, 7) is 6.89. The molecule has 0 unspecified atom stereocenters. The number of aryl methyl sites for hydroxylation is 1. The first-order valence-corrected chi connectivity index (χ1v) is 11.1. The van der Waals surface area contributed by atoms with Crippen molar-refractivity contribution in [2.24, 2.45) is 0 Å². The van der Waals surface area contributed by atoms with E-state index in [1.807, 2.05) is 75.1 Å². The van der Waals surface area contributed by atoms with Crippen molar-refractivity contribution in [2.45, 2.75) is 38.7 Å². The zero-order valence-electron chi connectivity index (χ0n) is 19.8. The van der Waals surface area contributed by atoms with Crippen LogP contribution in [0.25, 0.3) is 11.1 Å². The lowest BCUT2D eigenvalue weighted by atomic mass is 9.97. The SMILES string of the molecule is Cc1ccc(OC(C)(C)C(=O)N2CC[C@H](c3nc(N(C)C)ncc3-c3cncnc3)C2)cc1. The predicted molar refractivity (Wildman–Crippen MR) is 127 cm³/mol. The summed E-state index contributed by atoms with van der Waals surface area (Å²) in [4.78, 5) is 34.8. The van der Waals surface area contributed by atoms with Gasteiger partial charge in [-0.2, -0.15) is 0 Å². The number of nitrogens with zero attached hydrogens (tertiary/aromatic N) is 6. The van der Waals surface area contributed by atoms with E-state index in [2.05, 4.69) is 15.0 Å². The van der Waals surface area contributed by atoms with Crippen LogP contribution in [0.5, 0.6) is 5.75 Å². The van der Waals surface area contributed by atoms with Gasteiger partial charge in [0.2, 0.25) is 5.95 Å². The highest BCUT2D eigenvalue weighted by atomic mass is 16.5. The smallest absolute Gasteiger partial charge is 0.266 e. The molecule has 2 aromatic heterocycles. The molecule has 8 nitrogen and oxygen atoms in total. The summed E-state index contributed by atoms with van der Waals surface area (Å²) in [7, 11) is 3.83. The molecule has 8 heteroatoms. The molecule has 4 rings (SSSR count). The number of amides is 1. The highest BCUT2D eigenvalue weighted by molar-refractivity contribution is 5.85. The minimum absolute atomic E-state index is 0.0305. The van der Waals surface area contributed by atoms with Crippen LogP contribution in [-0.4, -0.2) is 63.5 Å². The summed E-state index contributed by atoms with van der Waals surface area (Å²) in [6, 6.07) is 7.76. The molecule has 1 saturated heterocycles. The Morgan fingerprint density at radius 3 is 2.48 bits per heavy atom. The average Bonchev–Trinajstić information content (AvgIpc) is 3.30. The number of carbonyl (C=O) groups is 1. The number of ether oxygens (including phenoxy) is 1. The number of benzene rings is 1. The van der Waals surface area contributed by atoms with Gasteiger partial charge in [-0.3, -0.25) is 4.79 Å². The molecule has 0 aliphatic carbocycles. The fourth-order valence-electron chi connectivity index (χ4n) is 4.07. The molecule has 0 radical (unpaired) electrons. The second kappa shape index (κ2) is 9.13. The van der Waals surface area contributed by atoms with E-state index in [4.69, 9.17) is 9.72 Å². The topological polar surface area (TPSA) is 84.3 Å². The quantitative estimate of drug-likeness (QED) is 0.573. The molecule has 0 bridgehead atoms. The van der Waals surface area contributed by atoms with Crippen molar-refractivity contribution < 1.29 is 9.53 Å². The highest BCUT2D eigenvalue weighted by Gasteiger charge is 2.39. The minimum Gasteiger partial charge on any atom is -0.478 e. The normalized spacial score (nSPS) is 16.0. The fraction of sp³-hybridized carbons (Fsp3) is 0.400. The van der Waals surface area contributed by atoms with Crippen LogP contribution in [0.4, 0.5) is 5.95 Å². The highest BCUT2D eigenvalue weighted by Crippen LogP contribution is 2.35. The molecule has 1 amide bonds. The van der Waals surface area contributed by atoms with Crippen LogP contribution in [-0.2, 0) is 4.79 Å². The summed E-state index contributed by atoms with van der Waals surface area (Å²) >= 11 is 0. The monoisotopic (exact) mass is 446 g/mol. The second-order valence-corrected chi connectivity index (χ2v) is 9.15. The van der Waals surface area contributed by atoms with E-state index in [9.17, 15) is 4.79 Å². The molecule has 3 heterocycles. The Labute approximate surface area is 194 Å². The Kier molecular flexibility index (Phi) is 6.26. The van der Waals surface area contributed by atoms with Crippen molar-refractivity contribution in [3.63, 3.8) is 0 Å². The molecule has 1 atom stereocenters. The number of anilines is 1. The Bertz CT molecular complexity index is 1120. The molecule has 1 fully saturated rings. The minimum atomic E-state index is -0.972. The molecular formula is C25H30N6O2. The van der Waals surface area contributed by atoms with Crippen LogP contribution in [0, 0.1) is 6.92 Å². The first-order chi connectivity index (χ1) is 15.7. The number of hydrogen-bond acceptors (Lipinski definition) is 7. The number of carbonyl (C=O) groups excluding carboxylic acids is 1. The molecule has 0 spiro atoms. The molecule has 3 aromatic rings. The molecule has 1 aliphatic rings. The predicted octanol–water partition coefficient (Wildman–Crippen LogP) is 3.48. The van der Waals surface area contributed by atoms with Gasteiger partial charge in [-0.1, -0.05) is 17.7 Å². The van der Waals surface area contributed by atoms with Gasteiger partial charge < -0.3 is 14.5 Å². The molecule has 172 valence electrons. The van der Waals surface area contributed by atoms with Gasteiger partial charge in [0.1, 0.15) is 12.1 Å². The average molecular weight is 447 g/mol. The van der Waals surface area contributed by atoms with Crippen LogP contribution in [0.15, 0.2) is 49.2 Å². The standard InChI is InChI=1S/C25H30N6O2/c1-17-6-8-20(9-7-17)33-25(2,3)23(32)31-11-10-18(15-31)22-21(19-12-26-16-27-13-19)14-28-24(29-22)30(4)5/h6-9,12-14,16,18H,10-11,15H2,1-5H3/t18-/m0/s1. The zero-order chi connectivity index (χ0) is 23.6. The van der Waals surface area contributed by atoms with Gasteiger partial charge in [-0.25, -0.2) is 19.9 Å². The van der Waals surface area contributed by atoms with Crippen LogP contribution in [0.2, 0.25) is 0 Å². The first kappa shape index (κ1) is 22.6. The summed E-state index contributed by atoms with van der Waals surface area (Å²) < 4.78 is 6.08. The maximum Gasteiger partial charge on any atom is 0.266 e. The lowest BCUT2D eigenvalue weighted by molar-refractivity contribution is -0.144. The van der Waals surface area contributed by atoms with Crippen molar-refractivity contribution in [2.75, 3.05) is 32.1 Å². The van der Waals surface area contributed by atoms with Crippen molar-refractivity contribution in [3.05, 3.63) is 60.4 Å². The Hall–Kier alpha value is -3.55. The molecule has 1 aliphatic heterocycles. The number of rotatable bonds is 6. The maximum absolute atomic E-state index is 13.4. The van der Waals surface area contributed by atoms with E-state index in [1.54, 1.807) is 12.4 Å². The summed E-state index contributed by atoms with van der Waals surface area (Å²) in [6.07, 6.45) is 7.67. The maximum atomic E-state index is 13.4. The third-order valence-corrected chi connectivity index (χ3v) is 5.85. The van der Waals surface area contributed by atoms with Gasteiger partial charge in [0.15, 0.2) is 5.60 Å². The van der Waals surface area contributed by atoms with Gasteiger partial charge in [0.25, 0.3) is 5.91 Å². The van der Waals surface area contributed by atoms with Gasteiger partial charge in [-0.05, 0) is 39.3 Å². The van der Waals surface area contributed by atoms with Crippen LogP contribution in [0.1, 0.15) is 37.4 Å². The van der Waals surface area contributed by atoms with Crippen molar-refractivity contribution in [1.82, 2.24) is 24.8 Å². The van der Waals surface area contributed by atoms with E-state index in [-0.39, 0.29) is 11.8 Å². The molecule has 0 N–H and O–H groups in total. The Morgan fingerprint density at radius 2 is 1.82 bits per heavy atom. The van der Waals surface area contributed by atoms with Gasteiger partial charge in [0, 0.05) is 62.8 Å². The van der Waals surface area contributed by atoms with Crippen molar-refractivity contribution >= 4 is 11.9 Å². The number of hydrogen-bond donors (Lipinski definition) is 0. The van der Waals surface area contributed by atoms with Crippen molar-refractivity contribution in [3.8, 4) is 16.9 Å². The fourth-order valence-corrected chi connectivity index (χ4v) is 4.07. The molecule has 33 heavy (non-hydrogen) atoms. The third-order valence-electron chi connectivity index (χ3n) is 5.85. The summed E-state index contributed by atoms with van der Waals surface area (Å²) in [5.41, 5.74) is 2.86. The Morgan fingerprint density at radius 1 is 1.12 bits per heavy atom. The first-order valence-electron chi connectivity index (χ1n) is 11.1. The number of aromatic nitrogens is 4. The lowest BCUT2D eigenvalue weighted by Crippen LogP contribution is -2.48. The van der Waals surface area contributed by atoms with Gasteiger partial charge in [-0.15, -0.1) is 0 Å². The lowest BCUT2D eigenvalue weighted by Gasteiger charge is -2.30. The van der Waals surface area contributed by atoms with Crippen LogP contribution in [0.3, 0.4) is 0 Å². The third kappa shape index (κ3) is 4.94. The van der Waals surface area contributed by atoms with Crippen molar-refractivity contribution in [1.29, 1.82) is 0 Å². The molecule has 1 aromatic carbocycles. The second-order valence-electron chi connectivity index (χ2n) is 9.15. The van der Waals surface area contributed by atoms with Crippen LogP contribution < -0.4 is 9.64 Å². The summed E-state index contributed by atoms with van der Waals surface area (Å²) in [5, 5.41) is 0. The van der Waals surface area contributed by atoms with E-state index < -0.39 is 5.60 Å². The van der Waals surface area contributed by atoms with Gasteiger partial charge in [0.05, 0.1) is 5.69 Å². The largest absolute Gasteiger partial charge is 0.478 e. The van der Waals surface area contributed by atoms with E-state index >= 15 is 0 Å². The van der Waals surface area contributed by atoms with E-state index in [0.717, 1.165) is 28.8 Å². The van der Waals surface area contributed by atoms with Crippen LogP contribution >= 0.6 is 0 Å². The Balaban J connectivity index is 1.56. The zero-order valence-corrected chi connectivity index (χ0v) is 19.8. The molecular weight excluding hydrogens is 416 g/mol. The number of likely N-dealkylation sites (tertiary alicyclic amines) is 1. The summed E-state index contributed by atoms with van der Waals surface area (Å²) in [5.74, 6) is 1.38. The van der Waals surface area contributed by atoms with Gasteiger partial charge >= 0.3 is 0 Å². The molecule has 0 saturated carbocycles. The van der Waals surface area contributed by atoms with E-state index in [1.165, 1.54) is 6.33 Å².